The summed E-state index contributed by atoms with van der Waals surface area (Å²) in [6, 6.07) is 67.6. The lowest BCUT2D eigenvalue weighted by molar-refractivity contribution is 0.661. The van der Waals surface area contributed by atoms with Crippen LogP contribution in [0.1, 0.15) is 25.0 Å². The highest BCUT2D eigenvalue weighted by atomic mass is 15.0. The average Bonchev–Trinajstić information content (AvgIpc) is 3.71. The van der Waals surface area contributed by atoms with Crippen LogP contribution in [-0.2, 0) is 5.41 Å². The van der Waals surface area contributed by atoms with Gasteiger partial charge in [0.25, 0.3) is 0 Å². The molecule has 1 aliphatic rings. The first-order chi connectivity index (χ1) is 27.5. The first-order valence-electron chi connectivity index (χ1n) is 19.3. The number of hydrogen-bond donors (Lipinski definition) is 0. The molecule has 0 bridgehead atoms. The zero-order valence-corrected chi connectivity index (χ0v) is 31.2. The molecule has 11 rings (SSSR count). The second kappa shape index (κ2) is 12.5. The average molecular weight is 716 g/mol. The Morgan fingerprint density at radius 3 is 1.82 bits per heavy atom. The molecule has 0 amide bonds. The number of benzene rings is 8. The summed E-state index contributed by atoms with van der Waals surface area (Å²) in [7, 11) is 0. The zero-order chi connectivity index (χ0) is 37.4. The molecule has 2 aromatic heterocycles. The number of fused-ring (bicyclic) bond motifs is 7. The first-order valence-corrected chi connectivity index (χ1v) is 19.3. The Labute approximate surface area is 326 Å². The van der Waals surface area contributed by atoms with Gasteiger partial charge in [-0.3, -0.25) is 0 Å². The molecule has 0 unspecified atom stereocenters. The fourth-order valence-electron chi connectivity index (χ4n) is 9.17. The van der Waals surface area contributed by atoms with Crippen LogP contribution >= 0.6 is 0 Å². The third kappa shape index (κ3) is 4.91. The predicted molar refractivity (Wildman–Crippen MR) is 233 cm³/mol. The summed E-state index contributed by atoms with van der Waals surface area (Å²) in [6.45, 7) is 4.72. The van der Waals surface area contributed by atoms with Crippen molar-refractivity contribution in [2.75, 3.05) is 0 Å². The lowest BCUT2D eigenvalue weighted by Crippen LogP contribution is -2.14. The second-order valence-corrected chi connectivity index (χ2v) is 15.4. The fraction of sp³-hybridized carbons (Fsp3) is 0.0566. The molecule has 1 aliphatic carbocycles. The maximum atomic E-state index is 5.37. The highest BCUT2D eigenvalue weighted by molar-refractivity contribution is 6.15. The molecule has 0 saturated carbocycles. The van der Waals surface area contributed by atoms with E-state index in [1.807, 2.05) is 6.07 Å². The van der Waals surface area contributed by atoms with Crippen LogP contribution in [0, 0.1) is 0 Å². The number of aromatic nitrogens is 3. The smallest absolute Gasteiger partial charge is 0.160 e. The molecule has 8 aromatic carbocycles. The summed E-state index contributed by atoms with van der Waals surface area (Å²) in [5.74, 6) is 0.702. The Kier molecular flexibility index (Phi) is 7.20. The maximum absolute atomic E-state index is 5.37. The van der Waals surface area contributed by atoms with Gasteiger partial charge in [0.15, 0.2) is 5.82 Å². The van der Waals surface area contributed by atoms with Crippen LogP contribution in [0.5, 0.6) is 0 Å². The molecule has 0 N–H and O–H groups in total. The van der Waals surface area contributed by atoms with Crippen molar-refractivity contribution in [3.05, 3.63) is 199 Å². The van der Waals surface area contributed by atoms with Gasteiger partial charge in [-0.05, 0) is 86.6 Å². The lowest BCUT2D eigenvalue weighted by atomic mass is 9.81. The van der Waals surface area contributed by atoms with E-state index in [9.17, 15) is 0 Å². The minimum absolute atomic E-state index is 0.139. The summed E-state index contributed by atoms with van der Waals surface area (Å²) < 4.78 is 2.36. The number of rotatable bonds is 5. The van der Waals surface area contributed by atoms with Gasteiger partial charge in [-0.15, -0.1) is 0 Å². The normalized spacial score (nSPS) is 13.0. The van der Waals surface area contributed by atoms with E-state index < -0.39 is 0 Å². The SMILES string of the molecule is CC1(C)c2cc3ccccc3cc2-c2c(-c3ccccc3-c3cc(-c4cccc5c4c4ccccc4n5-c4ccccc4)nc(-c4ccccc4)n3)cccc21. The van der Waals surface area contributed by atoms with Crippen LogP contribution in [0.25, 0.3) is 94.4 Å². The molecule has 0 atom stereocenters. The topological polar surface area (TPSA) is 30.7 Å². The van der Waals surface area contributed by atoms with Gasteiger partial charge >= 0.3 is 0 Å². The van der Waals surface area contributed by atoms with Gasteiger partial charge in [0.1, 0.15) is 0 Å². The van der Waals surface area contributed by atoms with Gasteiger partial charge in [0, 0.05) is 38.6 Å². The van der Waals surface area contributed by atoms with Crippen molar-refractivity contribution in [3.8, 4) is 61.8 Å². The summed E-state index contributed by atoms with van der Waals surface area (Å²) in [5.41, 5.74) is 15.9. The molecule has 3 nitrogen and oxygen atoms in total. The Bertz CT molecular complexity index is 3150. The third-order valence-corrected chi connectivity index (χ3v) is 11.8. The van der Waals surface area contributed by atoms with Gasteiger partial charge in [-0.1, -0.05) is 159 Å². The van der Waals surface area contributed by atoms with Crippen molar-refractivity contribution in [3.63, 3.8) is 0 Å². The van der Waals surface area contributed by atoms with Gasteiger partial charge in [-0.2, -0.15) is 0 Å². The Balaban J connectivity index is 1.16. The maximum Gasteiger partial charge on any atom is 0.160 e. The minimum Gasteiger partial charge on any atom is -0.309 e. The Hall–Kier alpha value is -7.10. The molecular weight excluding hydrogens is 679 g/mol. The van der Waals surface area contributed by atoms with E-state index in [-0.39, 0.29) is 5.41 Å². The van der Waals surface area contributed by atoms with Gasteiger partial charge in [0.2, 0.25) is 0 Å². The van der Waals surface area contributed by atoms with E-state index >= 15 is 0 Å². The summed E-state index contributed by atoms with van der Waals surface area (Å²) >= 11 is 0. The first kappa shape index (κ1) is 32.3. The van der Waals surface area contributed by atoms with E-state index in [0.717, 1.165) is 50.4 Å². The lowest BCUT2D eigenvalue weighted by Gasteiger charge is -2.22. The van der Waals surface area contributed by atoms with Crippen LogP contribution in [0.4, 0.5) is 0 Å². The van der Waals surface area contributed by atoms with Crippen molar-refractivity contribution in [2.45, 2.75) is 19.3 Å². The van der Waals surface area contributed by atoms with Crippen molar-refractivity contribution in [1.29, 1.82) is 0 Å². The Morgan fingerprint density at radius 2 is 1.02 bits per heavy atom. The van der Waals surface area contributed by atoms with Gasteiger partial charge < -0.3 is 4.57 Å². The van der Waals surface area contributed by atoms with Crippen molar-refractivity contribution in [2.24, 2.45) is 0 Å². The molecule has 3 heteroatoms. The Morgan fingerprint density at radius 1 is 0.429 bits per heavy atom. The quantitative estimate of drug-likeness (QED) is 0.178. The van der Waals surface area contributed by atoms with Crippen molar-refractivity contribution >= 4 is 32.6 Å². The second-order valence-electron chi connectivity index (χ2n) is 15.4. The van der Waals surface area contributed by atoms with E-state index in [1.165, 1.54) is 49.4 Å². The van der Waals surface area contributed by atoms with Crippen LogP contribution in [0.2, 0.25) is 0 Å². The fourth-order valence-corrected chi connectivity index (χ4v) is 9.17. The molecule has 0 aliphatic heterocycles. The van der Waals surface area contributed by atoms with Crippen LogP contribution < -0.4 is 0 Å². The molecule has 0 spiro atoms. The summed E-state index contributed by atoms with van der Waals surface area (Å²) in [5, 5.41) is 4.90. The molecule has 10 aromatic rings. The highest BCUT2D eigenvalue weighted by Crippen LogP contribution is 2.54. The molecule has 0 fully saturated rings. The molecular formula is C53H37N3. The van der Waals surface area contributed by atoms with Crippen molar-refractivity contribution < 1.29 is 0 Å². The number of para-hydroxylation sites is 2. The van der Waals surface area contributed by atoms with Crippen molar-refractivity contribution in [1.82, 2.24) is 14.5 Å². The van der Waals surface area contributed by atoms with Gasteiger partial charge in [0.05, 0.1) is 22.4 Å². The van der Waals surface area contributed by atoms with Gasteiger partial charge in [-0.25, -0.2) is 9.97 Å². The standard InChI is InChI=1S/C53H37N3/c1-53(2)44-28-15-26-40(50(44)43-31-35-19-9-10-20-36(35)32-45(43)53)38-23-11-12-24-39(38)46-33-47(55-52(54-46)34-17-5-3-6-18-34)41-27-16-30-49-51(41)42-25-13-14-29-48(42)56(49)37-21-7-4-8-22-37/h3-33H,1-2H3. The number of nitrogens with zero attached hydrogens (tertiary/aromatic N) is 3. The third-order valence-electron chi connectivity index (χ3n) is 11.8. The van der Waals surface area contributed by atoms with E-state index in [4.69, 9.17) is 9.97 Å². The zero-order valence-electron chi connectivity index (χ0n) is 31.2. The van der Waals surface area contributed by atoms with E-state index in [1.54, 1.807) is 0 Å². The molecule has 2 heterocycles. The summed E-state index contributed by atoms with van der Waals surface area (Å²) in [6.07, 6.45) is 0. The van der Waals surface area contributed by atoms with Crippen LogP contribution in [0.15, 0.2) is 188 Å². The monoisotopic (exact) mass is 715 g/mol. The molecule has 0 radical (unpaired) electrons. The molecule has 56 heavy (non-hydrogen) atoms. The van der Waals surface area contributed by atoms with E-state index in [0.29, 0.717) is 5.82 Å². The molecule has 264 valence electrons. The van der Waals surface area contributed by atoms with E-state index in [2.05, 4.69) is 200 Å². The number of hydrogen-bond acceptors (Lipinski definition) is 2. The highest BCUT2D eigenvalue weighted by Gasteiger charge is 2.37. The predicted octanol–water partition coefficient (Wildman–Crippen LogP) is 13.7. The minimum atomic E-state index is -0.139. The van der Waals surface area contributed by atoms with Crippen LogP contribution in [0.3, 0.4) is 0 Å². The van der Waals surface area contributed by atoms with Crippen LogP contribution in [-0.4, -0.2) is 14.5 Å². The largest absolute Gasteiger partial charge is 0.309 e. The molecule has 0 saturated heterocycles. The summed E-state index contributed by atoms with van der Waals surface area (Å²) in [4.78, 5) is 10.7.